The number of pyridine rings is 1. The second-order valence-electron chi connectivity index (χ2n) is 5.73. The summed E-state index contributed by atoms with van der Waals surface area (Å²) in [5.74, 6) is -2.79. The van der Waals surface area contributed by atoms with Crippen molar-refractivity contribution in [3.8, 4) is 11.1 Å². The summed E-state index contributed by atoms with van der Waals surface area (Å²) < 4.78 is 33.3. The minimum absolute atomic E-state index is 0.0284. The highest BCUT2D eigenvalue weighted by molar-refractivity contribution is 6.31. The first-order valence-electron chi connectivity index (χ1n) is 7.59. The van der Waals surface area contributed by atoms with Gasteiger partial charge >= 0.3 is 5.97 Å². The molecule has 1 aromatic carbocycles. The molecule has 1 N–H and O–H groups in total. The molecular formula is C17H14ClF2NO4. The van der Waals surface area contributed by atoms with Gasteiger partial charge in [0.05, 0.1) is 22.8 Å². The fourth-order valence-electron chi connectivity index (χ4n) is 3.08. The molecule has 1 unspecified atom stereocenters. The summed E-state index contributed by atoms with van der Waals surface area (Å²) in [6, 6.07) is 3.45. The third kappa shape index (κ3) is 2.73. The number of carbonyl (C=O) groups excluding carboxylic acids is 1. The number of esters is 1. The van der Waals surface area contributed by atoms with Gasteiger partial charge in [-0.05, 0) is 31.5 Å². The van der Waals surface area contributed by atoms with Crippen molar-refractivity contribution in [3.63, 3.8) is 0 Å². The maximum absolute atomic E-state index is 14.2. The van der Waals surface area contributed by atoms with Gasteiger partial charge in [0.25, 0.3) is 0 Å². The maximum Gasteiger partial charge on any atom is 0.349 e. The molecule has 0 fully saturated rings. The predicted octanol–water partition coefficient (Wildman–Crippen LogP) is 2.62. The van der Waals surface area contributed by atoms with Crippen LogP contribution in [0.15, 0.2) is 24.4 Å². The molecule has 1 aliphatic carbocycles. The Balaban J connectivity index is 2.15. The number of halogens is 3. The third-order valence-electron chi connectivity index (χ3n) is 4.20. The van der Waals surface area contributed by atoms with E-state index in [1.807, 2.05) is 0 Å². The molecule has 0 bridgehead atoms. The Bertz CT molecular complexity index is 874. The van der Waals surface area contributed by atoms with Crippen molar-refractivity contribution in [2.24, 2.45) is 0 Å². The van der Waals surface area contributed by atoms with Crippen molar-refractivity contribution < 1.29 is 28.1 Å². The Morgan fingerprint density at radius 3 is 2.88 bits per heavy atom. The Morgan fingerprint density at radius 1 is 1.48 bits per heavy atom. The normalized spacial score (nSPS) is 18.9. The standard InChI is InChI=1S/C17H14ClF2NO4/c1-2-25-16(22)17(23)6-5-9-7-10(8-21(24)15(9)17)13-12(19)4-3-11(18)14(13)20/h3-4,7-8,23H,2,5-6H2,1H3. The molecule has 3 rings (SSSR count). The number of carbonyl (C=O) groups is 1. The lowest BCUT2D eigenvalue weighted by Crippen LogP contribution is -2.46. The van der Waals surface area contributed by atoms with E-state index in [9.17, 15) is 23.9 Å². The lowest BCUT2D eigenvalue weighted by Gasteiger charge is -2.20. The molecule has 1 atom stereocenters. The molecule has 0 aliphatic heterocycles. The van der Waals surface area contributed by atoms with Crippen LogP contribution in [0.2, 0.25) is 5.02 Å². The number of fused-ring (bicyclic) bond motifs is 1. The molecule has 1 aromatic heterocycles. The van der Waals surface area contributed by atoms with Crippen LogP contribution >= 0.6 is 11.6 Å². The number of nitrogens with zero attached hydrogens (tertiary/aromatic N) is 1. The summed E-state index contributed by atoms with van der Waals surface area (Å²) in [5.41, 5.74) is -2.40. The minimum atomic E-state index is -2.07. The second kappa shape index (κ2) is 6.24. The number of benzene rings is 1. The van der Waals surface area contributed by atoms with Gasteiger partial charge < -0.3 is 15.1 Å². The molecule has 1 heterocycles. The highest BCUT2D eigenvalue weighted by Crippen LogP contribution is 2.38. The van der Waals surface area contributed by atoms with E-state index in [1.54, 1.807) is 6.92 Å². The minimum Gasteiger partial charge on any atom is -0.618 e. The van der Waals surface area contributed by atoms with E-state index in [4.69, 9.17) is 16.3 Å². The molecule has 8 heteroatoms. The summed E-state index contributed by atoms with van der Waals surface area (Å²) in [5, 5.41) is 22.7. The van der Waals surface area contributed by atoms with Crippen molar-refractivity contribution in [2.45, 2.75) is 25.4 Å². The first-order chi connectivity index (χ1) is 11.8. The number of aliphatic hydroxyl groups is 1. The van der Waals surface area contributed by atoms with E-state index in [0.29, 0.717) is 5.56 Å². The van der Waals surface area contributed by atoms with Crippen LogP contribution < -0.4 is 4.73 Å². The van der Waals surface area contributed by atoms with Gasteiger partial charge in [-0.3, -0.25) is 0 Å². The summed E-state index contributed by atoms with van der Waals surface area (Å²) in [4.78, 5) is 12.0. The summed E-state index contributed by atoms with van der Waals surface area (Å²) in [6.07, 6.45) is 1.05. The molecule has 0 amide bonds. The highest BCUT2D eigenvalue weighted by atomic mass is 35.5. The number of hydrogen-bond acceptors (Lipinski definition) is 4. The molecule has 132 valence electrons. The molecule has 1 aliphatic rings. The van der Waals surface area contributed by atoms with Crippen LogP contribution in [0, 0.1) is 16.8 Å². The van der Waals surface area contributed by atoms with E-state index in [1.165, 1.54) is 6.07 Å². The van der Waals surface area contributed by atoms with E-state index in [0.717, 1.165) is 18.3 Å². The van der Waals surface area contributed by atoms with Crippen LogP contribution in [-0.4, -0.2) is 17.7 Å². The fraction of sp³-hybridized carbons (Fsp3) is 0.294. The molecule has 0 saturated heterocycles. The smallest absolute Gasteiger partial charge is 0.349 e. The zero-order chi connectivity index (χ0) is 18.4. The number of rotatable bonds is 3. The van der Waals surface area contributed by atoms with Crippen molar-refractivity contribution in [2.75, 3.05) is 6.61 Å². The summed E-state index contributed by atoms with van der Waals surface area (Å²) >= 11 is 5.69. The van der Waals surface area contributed by atoms with Gasteiger partial charge in [0.1, 0.15) is 5.82 Å². The first kappa shape index (κ1) is 17.6. The van der Waals surface area contributed by atoms with Gasteiger partial charge in [0, 0.05) is 12.0 Å². The number of aromatic nitrogens is 1. The van der Waals surface area contributed by atoms with Crippen molar-refractivity contribution in [1.82, 2.24) is 0 Å². The Labute approximate surface area is 147 Å². The largest absolute Gasteiger partial charge is 0.618 e. The Morgan fingerprint density at radius 2 is 2.20 bits per heavy atom. The van der Waals surface area contributed by atoms with Gasteiger partial charge in [-0.2, -0.15) is 4.73 Å². The first-order valence-corrected chi connectivity index (χ1v) is 7.97. The average Bonchev–Trinajstić information content (AvgIpc) is 2.91. The third-order valence-corrected chi connectivity index (χ3v) is 4.50. The lowest BCUT2D eigenvalue weighted by atomic mass is 9.99. The maximum atomic E-state index is 14.2. The van der Waals surface area contributed by atoms with E-state index < -0.39 is 28.8 Å². The molecule has 0 spiro atoms. The molecule has 0 saturated carbocycles. The number of aryl methyl sites for hydroxylation is 1. The van der Waals surface area contributed by atoms with Crippen LogP contribution in [-0.2, 0) is 21.6 Å². The lowest BCUT2D eigenvalue weighted by molar-refractivity contribution is -0.620. The second-order valence-corrected chi connectivity index (χ2v) is 6.13. The van der Waals surface area contributed by atoms with Gasteiger partial charge in [0.15, 0.2) is 12.0 Å². The fourth-order valence-corrected chi connectivity index (χ4v) is 3.23. The quantitative estimate of drug-likeness (QED) is 0.390. The zero-order valence-electron chi connectivity index (χ0n) is 13.2. The predicted molar refractivity (Wildman–Crippen MR) is 84.6 cm³/mol. The van der Waals surface area contributed by atoms with Crippen LogP contribution in [0.4, 0.5) is 8.78 Å². The van der Waals surface area contributed by atoms with Gasteiger partial charge in [-0.1, -0.05) is 11.6 Å². The number of ether oxygens (including phenoxy) is 1. The number of hydrogen-bond donors (Lipinski definition) is 1. The van der Waals surface area contributed by atoms with Gasteiger partial charge in [-0.15, -0.1) is 0 Å². The van der Waals surface area contributed by atoms with E-state index in [2.05, 4.69) is 0 Å². The summed E-state index contributed by atoms with van der Waals surface area (Å²) in [7, 11) is 0. The van der Waals surface area contributed by atoms with Crippen molar-refractivity contribution in [3.05, 3.63) is 57.5 Å². The van der Waals surface area contributed by atoms with Gasteiger partial charge in [-0.25, -0.2) is 13.6 Å². The molecule has 0 radical (unpaired) electrons. The van der Waals surface area contributed by atoms with Gasteiger partial charge in [0.2, 0.25) is 11.3 Å². The molecule has 25 heavy (non-hydrogen) atoms. The van der Waals surface area contributed by atoms with Crippen LogP contribution in [0.1, 0.15) is 24.6 Å². The Kier molecular flexibility index (Phi) is 4.38. The van der Waals surface area contributed by atoms with Crippen LogP contribution in [0.5, 0.6) is 0 Å². The van der Waals surface area contributed by atoms with Crippen LogP contribution in [0.25, 0.3) is 11.1 Å². The molecule has 5 nitrogen and oxygen atoms in total. The topological polar surface area (TPSA) is 73.5 Å². The summed E-state index contributed by atoms with van der Waals surface area (Å²) in [6.45, 7) is 1.63. The van der Waals surface area contributed by atoms with Crippen molar-refractivity contribution >= 4 is 17.6 Å². The van der Waals surface area contributed by atoms with Crippen molar-refractivity contribution in [1.29, 1.82) is 0 Å². The highest BCUT2D eigenvalue weighted by Gasteiger charge is 2.52. The zero-order valence-corrected chi connectivity index (χ0v) is 13.9. The van der Waals surface area contributed by atoms with E-state index in [-0.39, 0.29) is 40.5 Å². The monoisotopic (exact) mass is 369 g/mol. The molecular weight excluding hydrogens is 356 g/mol. The SMILES string of the molecule is CCOC(=O)C1(O)CCc2cc(-c3c(F)ccc(Cl)c3F)c[n+]([O-])c21. The van der Waals surface area contributed by atoms with E-state index >= 15 is 0 Å². The Hall–Kier alpha value is -2.25. The molecule has 2 aromatic rings. The van der Waals surface area contributed by atoms with Crippen LogP contribution in [0.3, 0.4) is 0 Å². The average molecular weight is 370 g/mol.